The van der Waals surface area contributed by atoms with Gasteiger partial charge < -0.3 is 5.11 Å². The van der Waals surface area contributed by atoms with Gasteiger partial charge in [-0.25, -0.2) is 0 Å². The highest BCUT2D eigenvalue weighted by Crippen LogP contribution is 2.47. The molecule has 0 radical (unpaired) electrons. The average molecular weight is 286 g/mol. The molecule has 2 fully saturated rings. The number of aliphatic hydroxyl groups is 1. The molecule has 0 saturated heterocycles. The van der Waals surface area contributed by atoms with Crippen LogP contribution in [0.1, 0.15) is 76.3 Å². The van der Waals surface area contributed by atoms with Crippen LogP contribution in [-0.4, -0.2) is 5.11 Å². The van der Waals surface area contributed by atoms with Crippen molar-refractivity contribution in [2.45, 2.75) is 70.8 Å². The molecule has 2 aliphatic rings. The second-order valence-electron chi connectivity index (χ2n) is 7.91. The van der Waals surface area contributed by atoms with Crippen molar-refractivity contribution in [3.63, 3.8) is 0 Å². The molecule has 1 heteroatoms. The Hall–Kier alpha value is -0.820. The summed E-state index contributed by atoms with van der Waals surface area (Å²) in [5.74, 6) is 2.33. The zero-order valence-electron chi connectivity index (χ0n) is 13.8. The van der Waals surface area contributed by atoms with E-state index in [-0.39, 0.29) is 0 Å². The van der Waals surface area contributed by atoms with Gasteiger partial charge in [-0.2, -0.15) is 0 Å². The smallest absolute Gasteiger partial charge is 0.0929 e. The van der Waals surface area contributed by atoms with E-state index in [4.69, 9.17) is 0 Å². The SMILES string of the molecule is CC1CCC(C(C)C)C(O)(c2ccc(C3CCC3)cc2)C1. The number of benzene rings is 1. The molecule has 0 amide bonds. The van der Waals surface area contributed by atoms with E-state index in [9.17, 15) is 5.11 Å². The van der Waals surface area contributed by atoms with Gasteiger partial charge in [0.05, 0.1) is 5.60 Å². The van der Waals surface area contributed by atoms with E-state index in [0.29, 0.717) is 17.8 Å². The quantitative estimate of drug-likeness (QED) is 0.806. The van der Waals surface area contributed by atoms with Crippen LogP contribution in [-0.2, 0) is 5.60 Å². The molecule has 0 aromatic heterocycles. The molecule has 1 N–H and O–H groups in total. The largest absolute Gasteiger partial charge is 0.385 e. The van der Waals surface area contributed by atoms with Crippen LogP contribution in [0.25, 0.3) is 0 Å². The van der Waals surface area contributed by atoms with Crippen molar-refractivity contribution in [2.24, 2.45) is 17.8 Å². The molecule has 1 nitrogen and oxygen atoms in total. The van der Waals surface area contributed by atoms with Crippen molar-refractivity contribution in [2.75, 3.05) is 0 Å². The highest BCUT2D eigenvalue weighted by Gasteiger charge is 2.43. The molecular formula is C20H30O. The second kappa shape index (κ2) is 5.76. The van der Waals surface area contributed by atoms with Crippen LogP contribution in [0.4, 0.5) is 0 Å². The fourth-order valence-corrected chi connectivity index (χ4v) is 4.49. The standard InChI is InChI=1S/C20H30O/c1-14(2)19-12-7-15(3)13-20(19,21)18-10-8-17(9-11-18)16-5-4-6-16/h8-11,14-16,19,21H,4-7,12-13H2,1-3H3. The topological polar surface area (TPSA) is 20.2 Å². The van der Waals surface area contributed by atoms with E-state index in [0.717, 1.165) is 24.3 Å². The van der Waals surface area contributed by atoms with Gasteiger partial charge in [-0.15, -0.1) is 0 Å². The monoisotopic (exact) mass is 286 g/mol. The third kappa shape index (κ3) is 2.77. The predicted octanol–water partition coefficient (Wildman–Crippen LogP) is 5.23. The lowest BCUT2D eigenvalue weighted by molar-refractivity contribution is -0.0865. The van der Waals surface area contributed by atoms with Crippen LogP contribution >= 0.6 is 0 Å². The lowest BCUT2D eigenvalue weighted by Crippen LogP contribution is -2.43. The maximum absolute atomic E-state index is 11.4. The Bertz CT molecular complexity index is 471. The molecule has 0 bridgehead atoms. The second-order valence-corrected chi connectivity index (χ2v) is 7.91. The van der Waals surface area contributed by atoms with Crippen molar-refractivity contribution in [3.05, 3.63) is 35.4 Å². The number of hydrogen-bond donors (Lipinski definition) is 1. The number of hydrogen-bond acceptors (Lipinski definition) is 1. The van der Waals surface area contributed by atoms with Gasteiger partial charge in [0.2, 0.25) is 0 Å². The van der Waals surface area contributed by atoms with E-state index in [1.165, 1.54) is 31.2 Å². The van der Waals surface area contributed by atoms with Gasteiger partial charge in [0, 0.05) is 0 Å². The molecule has 0 spiro atoms. The molecular weight excluding hydrogens is 256 g/mol. The first-order valence-corrected chi connectivity index (χ1v) is 8.83. The summed E-state index contributed by atoms with van der Waals surface area (Å²) in [6.45, 7) is 6.80. The fourth-order valence-electron chi connectivity index (χ4n) is 4.49. The van der Waals surface area contributed by atoms with Crippen LogP contribution in [0.5, 0.6) is 0 Å². The highest BCUT2D eigenvalue weighted by atomic mass is 16.3. The zero-order chi connectivity index (χ0) is 15.0. The minimum atomic E-state index is -0.621. The van der Waals surface area contributed by atoms with Crippen molar-refractivity contribution in [3.8, 4) is 0 Å². The predicted molar refractivity (Wildman–Crippen MR) is 88.3 cm³/mol. The van der Waals surface area contributed by atoms with Crippen molar-refractivity contribution in [1.29, 1.82) is 0 Å². The van der Waals surface area contributed by atoms with E-state index in [1.807, 2.05) is 0 Å². The highest BCUT2D eigenvalue weighted by molar-refractivity contribution is 5.31. The molecule has 3 rings (SSSR count). The molecule has 21 heavy (non-hydrogen) atoms. The molecule has 2 aliphatic carbocycles. The molecule has 3 unspecified atom stereocenters. The van der Waals surface area contributed by atoms with E-state index in [2.05, 4.69) is 45.0 Å². The third-order valence-electron chi connectivity index (χ3n) is 6.04. The summed E-state index contributed by atoms with van der Waals surface area (Å²) >= 11 is 0. The lowest BCUT2D eigenvalue weighted by atomic mass is 9.64. The Morgan fingerprint density at radius 3 is 2.24 bits per heavy atom. The normalized spacial score (nSPS) is 34.0. The third-order valence-corrected chi connectivity index (χ3v) is 6.04. The van der Waals surface area contributed by atoms with Crippen LogP contribution in [0.15, 0.2) is 24.3 Å². The van der Waals surface area contributed by atoms with Gasteiger partial charge in [0.15, 0.2) is 0 Å². The Morgan fingerprint density at radius 2 is 1.71 bits per heavy atom. The maximum Gasteiger partial charge on any atom is 0.0929 e. The van der Waals surface area contributed by atoms with Crippen LogP contribution < -0.4 is 0 Å². The van der Waals surface area contributed by atoms with Crippen LogP contribution in [0.2, 0.25) is 0 Å². The summed E-state index contributed by atoms with van der Waals surface area (Å²) in [7, 11) is 0. The minimum Gasteiger partial charge on any atom is -0.385 e. The molecule has 116 valence electrons. The summed E-state index contributed by atoms with van der Waals surface area (Å²) in [4.78, 5) is 0. The molecule has 0 aliphatic heterocycles. The zero-order valence-corrected chi connectivity index (χ0v) is 13.8. The summed E-state index contributed by atoms with van der Waals surface area (Å²) in [5, 5.41) is 11.4. The summed E-state index contributed by atoms with van der Waals surface area (Å²) in [6, 6.07) is 8.96. The maximum atomic E-state index is 11.4. The molecule has 1 aromatic carbocycles. The molecule has 3 atom stereocenters. The fraction of sp³-hybridized carbons (Fsp3) is 0.700. The van der Waals surface area contributed by atoms with Crippen LogP contribution in [0, 0.1) is 17.8 Å². The first kappa shape index (κ1) is 15.1. The van der Waals surface area contributed by atoms with Gasteiger partial charge >= 0.3 is 0 Å². The Balaban J connectivity index is 1.87. The van der Waals surface area contributed by atoms with E-state index >= 15 is 0 Å². The van der Waals surface area contributed by atoms with Gasteiger partial charge in [-0.1, -0.05) is 57.9 Å². The first-order valence-electron chi connectivity index (χ1n) is 8.83. The lowest BCUT2D eigenvalue weighted by Gasteiger charge is -2.45. The average Bonchev–Trinajstić information content (AvgIpc) is 2.36. The summed E-state index contributed by atoms with van der Waals surface area (Å²) in [5.41, 5.74) is 2.00. The Morgan fingerprint density at radius 1 is 1.05 bits per heavy atom. The van der Waals surface area contributed by atoms with Gasteiger partial charge in [-0.3, -0.25) is 0 Å². The Kier molecular flexibility index (Phi) is 4.14. The van der Waals surface area contributed by atoms with Crippen molar-refractivity contribution in [1.82, 2.24) is 0 Å². The molecule has 0 heterocycles. The van der Waals surface area contributed by atoms with Crippen LogP contribution in [0.3, 0.4) is 0 Å². The minimum absolute atomic E-state index is 0.392. The van der Waals surface area contributed by atoms with E-state index < -0.39 is 5.60 Å². The van der Waals surface area contributed by atoms with Crippen molar-refractivity contribution >= 4 is 0 Å². The van der Waals surface area contributed by atoms with Gasteiger partial charge in [0.1, 0.15) is 0 Å². The van der Waals surface area contributed by atoms with Crippen molar-refractivity contribution < 1.29 is 5.11 Å². The molecule has 1 aromatic rings. The number of rotatable bonds is 3. The van der Waals surface area contributed by atoms with Gasteiger partial charge in [0.25, 0.3) is 0 Å². The first-order chi connectivity index (χ1) is 10.0. The Labute approximate surface area is 129 Å². The molecule has 2 saturated carbocycles. The summed E-state index contributed by atoms with van der Waals surface area (Å²) in [6.07, 6.45) is 7.39. The summed E-state index contributed by atoms with van der Waals surface area (Å²) < 4.78 is 0. The van der Waals surface area contributed by atoms with E-state index in [1.54, 1.807) is 0 Å². The van der Waals surface area contributed by atoms with Gasteiger partial charge in [-0.05, 0) is 60.5 Å².